The first-order valence-corrected chi connectivity index (χ1v) is 7.26. The minimum absolute atomic E-state index is 0.771. The van der Waals surface area contributed by atoms with E-state index < -0.39 is 0 Å². The van der Waals surface area contributed by atoms with E-state index in [0.717, 1.165) is 24.9 Å². The quantitative estimate of drug-likeness (QED) is 0.865. The maximum absolute atomic E-state index is 4.45. The fourth-order valence-corrected chi connectivity index (χ4v) is 2.77. The highest BCUT2D eigenvalue weighted by Gasteiger charge is 2.20. The molecule has 0 spiro atoms. The third-order valence-corrected chi connectivity index (χ3v) is 3.79. The average molecular weight is 247 g/mol. The number of hydrogen-bond acceptors (Lipinski definition) is 3. The lowest BCUT2D eigenvalue weighted by Crippen LogP contribution is -2.38. The van der Waals surface area contributed by atoms with Gasteiger partial charge in [0.25, 0.3) is 0 Å². The van der Waals surface area contributed by atoms with Crippen LogP contribution >= 0.6 is 0 Å². The summed E-state index contributed by atoms with van der Waals surface area (Å²) >= 11 is 0. The van der Waals surface area contributed by atoms with E-state index in [1.54, 1.807) is 0 Å². The Morgan fingerprint density at radius 1 is 1.33 bits per heavy atom. The number of anilines is 1. The minimum atomic E-state index is 0.771. The predicted molar refractivity (Wildman–Crippen MR) is 76.7 cm³/mol. The van der Waals surface area contributed by atoms with E-state index in [1.165, 1.54) is 37.8 Å². The summed E-state index contributed by atoms with van der Waals surface area (Å²) < 4.78 is 0. The van der Waals surface area contributed by atoms with E-state index in [-0.39, 0.29) is 0 Å². The van der Waals surface area contributed by atoms with Gasteiger partial charge >= 0.3 is 0 Å². The second kappa shape index (κ2) is 6.74. The van der Waals surface area contributed by atoms with Gasteiger partial charge in [0.15, 0.2) is 0 Å². The van der Waals surface area contributed by atoms with Gasteiger partial charge < -0.3 is 5.32 Å². The molecule has 1 aromatic rings. The number of hydrogen-bond donors (Lipinski definition) is 1. The Morgan fingerprint density at radius 3 is 2.89 bits per heavy atom. The Morgan fingerprint density at radius 2 is 2.22 bits per heavy atom. The normalized spacial score (nSPS) is 20.9. The molecule has 0 radical (unpaired) electrons. The number of aromatic nitrogens is 1. The monoisotopic (exact) mass is 247 g/mol. The molecular weight excluding hydrogens is 222 g/mol. The van der Waals surface area contributed by atoms with Crippen molar-refractivity contribution in [3.8, 4) is 0 Å². The van der Waals surface area contributed by atoms with Crippen LogP contribution in [0, 0.1) is 0 Å². The zero-order valence-corrected chi connectivity index (χ0v) is 11.7. The van der Waals surface area contributed by atoms with E-state index in [1.807, 2.05) is 6.20 Å². The smallest absolute Gasteiger partial charge is 0.125 e. The van der Waals surface area contributed by atoms with E-state index in [0.29, 0.717) is 0 Å². The summed E-state index contributed by atoms with van der Waals surface area (Å²) in [6.07, 6.45) is 7.38. The van der Waals surface area contributed by atoms with Gasteiger partial charge in [-0.05, 0) is 44.4 Å². The van der Waals surface area contributed by atoms with Crippen LogP contribution in [0.3, 0.4) is 0 Å². The highest BCUT2D eigenvalue weighted by Crippen LogP contribution is 2.21. The Balaban J connectivity index is 1.95. The molecule has 2 rings (SSSR count). The maximum Gasteiger partial charge on any atom is 0.125 e. The topological polar surface area (TPSA) is 28.2 Å². The second-order valence-corrected chi connectivity index (χ2v) is 5.11. The van der Waals surface area contributed by atoms with E-state index >= 15 is 0 Å². The molecule has 3 nitrogen and oxygen atoms in total. The van der Waals surface area contributed by atoms with Crippen molar-refractivity contribution in [3.05, 3.63) is 23.9 Å². The third-order valence-electron chi connectivity index (χ3n) is 3.79. The molecule has 1 unspecified atom stereocenters. The zero-order valence-electron chi connectivity index (χ0n) is 11.7. The molecule has 1 aliphatic heterocycles. The zero-order chi connectivity index (χ0) is 12.8. The Bertz CT molecular complexity index is 347. The van der Waals surface area contributed by atoms with Crippen LogP contribution in [0.25, 0.3) is 0 Å². The Labute approximate surface area is 111 Å². The Hall–Kier alpha value is -1.09. The van der Waals surface area contributed by atoms with E-state index in [9.17, 15) is 0 Å². The van der Waals surface area contributed by atoms with Crippen LogP contribution in [0.5, 0.6) is 0 Å². The standard InChI is InChI=1S/C15H25N3/c1-3-14-7-5-6-10-18(14)12-13-8-9-15(16-4-2)17-11-13/h8-9,11,14H,3-7,10,12H2,1-2H3,(H,16,17). The van der Waals surface area contributed by atoms with Gasteiger partial charge in [-0.2, -0.15) is 0 Å². The highest BCUT2D eigenvalue weighted by atomic mass is 15.2. The van der Waals surface area contributed by atoms with Gasteiger partial charge in [0.1, 0.15) is 5.82 Å². The van der Waals surface area contributed by atoms with Crippen LogP contribution in [0.2, 0.25) is 0 Å². The molecule has 0 aliphatic carbocycles. The first-order valence-electron chi connectivity index (χ1n) is 7.26. The SMILES string of the molecule is CCNc1ccc(CN2CCCCC2CC)cn1. The third kappa shape index (κ3) is 3.45. The number of nitrogens with zero attached hydrogens (tertiary/aromatic N) is 2. The molecule has 2 heterocycles. The van der Waals surface area contributed by atoms with Gasteiger partial charge in [0.2, 0.25) is 0 Å². The molecule has 0 saturated carbocycles. The number of nitrogens with one attached hydrogen (secondary N) is 1. The summed E-state index contributed by atoms with van der Waals surface area (Å²) in [6, 6.07) is 5.06. The largest absolute Gasteiger partial charge is 0.370 e. The second-order valence-electron chi connectivity index (χ2n) is 5.11. The molecule has 1 aromatic heterocycles. The van der Waals surface area contributed by atoms with Gasteiger partial charge in [0, 0.05) is 25.3 Å². The molecule has 0 bridgehead atoms. The van der Waals surface area contributed by atoms with Gasteiger partial charge in [-0.15, -0.1) is 0 Å². The average Bonchev–Trinajstić information content (AvgIpc) is 2.42. The lowest BCUT2D eigenvalue weighted by molar-refractivity contribution is 0.136. The molecule has 1 saturated heterocycles. The lowest BCUT2D eigenvalue weighted by Gasteiger charge is -2.35. The number of pyridine rings is 1. The van der Waals surface area contributed by atoms with Crippen molar-refractivity contribution in [1.29, 1.82) is 0 Å². The molecule has 100 valence electrons. The number of likely N-dealkylation sites (tertiary alicyclic amines) is 1. The lowest BCUT2D eigenvalue weighted by atomic mass is 9.99. The fraction of sp³-hybridized carbons (Fsp3) is 0.667. The first-order chi connectivity index (χ1) is 8.83. The van der Waals surface area contributed by atoms with Crippen LogP contribution < -0.4 is 5.32 Å². The summed E-state index contributed by atoms with van der Waals surface area (Å²) in [5, 5.41) is 3.23. The fourth-order valence-electron chi connectivity index (χ4n) is 2.77. The van der Waals surface area contributed by atoms with E-state index in [2.05, 4.69) is 41.2 Å². The summed E-state index contributed by atoms with van der Waals surface area (Å²) in [7, 11) is 0. The van der Waals surface area contributed by atoms with Crippen molar-refractivity contribution < 1.29 is 0 Å². The molecule has 3 heteroatoms. The van der Waals surface area contributed by atoms with Gasteiger partial charge in [-0.3, -0.25) is 4.90 Å². The maximum atomic E-state index is 4.45. The van der Waals surface area contributed by atoms with Crippen LogP contribution in [-0.2, 0) is 6.54 Å². The summed E-state index contributed by atoms with van der Waals surface area (Å²) in [4.78, 5) is 7.07. The summed E-state index contributed by atoms with van der Waals surface area (Å²) in [5.41, 5.74) is 1.33. The van der Waals surface area contributed by atoms with Crippen LogP contribution in [0.15, 0.2) is 18.3 Å². The van der Waals surface area contributed by atoms with Crippen molar-refractivity contribution >= 4 is 5.82 Å². The van der Waals surface area contributed by atoms with Gasteiger partial charge in [0.05, 0.1) is 0 Å². The Kier molecular flexibility index (Phi) is 5.00. The number of piperidine rings is 1. The van der Waals surface area contributed by atoms with Crippen molar-refractivity contribution in [2.24, 2.45) is 0 Å². The molecule has 1 fully saturated rings. The highest BCUT2D eigenvalue weighted by molar-refractivity contribution is 5.35. The van der Waals surface area contributed by atoms with Crippen LogP contribution in [-0.4, -0.2) is 29.0 Å². The molecule has 18 heavy (non-hydrogen) atoms. The van der Waals surface area contributed by atoms with E-state index in [4.69, 9.17) is 0 Å². The summed E-state index contributed by atoms with van der Waals surface area (Å²) in [6.45, 7) is 7.62. The molecule has 1 aliphatic rings. The van der Waals surface area contributed by atoms with Crippen LogP contribution in [0.1, 0.15) is 45.1 Å². The molecule has 0 amide bonds. The van der Waals surface area contributed by atoms with Crippen molar-refractivity contribution in [2.45, 2.75) is 52.1 Å². The first kappa shape index (κ1) is 13.3. The summed E-state index contributed by atoms with van der Waals surface area (Å²) in [5.74, 6) is 0.979. The van der Waals surface area contributed by atoms with Crippen molar-refractivity contribution in [3.63, 3.8) is 0 Å². The molecule has 1 atom stereocenters. The molecule has 1 N–H and O–H groups in total. The predicted octanol–water partition coefficient (Wildman–Crippen LogP) is 3.28. The van der Waals surface area contributed by atoms with Gasteiger partial charge in [-0.1, -0.05) is 19.4 Å². The molecular formula is C15H25N3. The van der Waals surface area contributed by atoms with Crippen molar-refractivity contribution in [2.75, 3.05) is 18.4 Å². The number of rotatable bonds is 5. The minimum Gasteiger partial charge on any atom is -0.370 e. The van der Waals surface area contributed by atoms with Crippen LogP contribution in [0.4, 0.5) is 5.82 Å². The van der Waals surface area contributed by atoms with Crippen molar-refractivity contribution in [1.82, 2.24) is 9.88 Å². The molecule has 0 aromatic carbocycles. The van der Waals surface area contributed by atoms with Gasteiger partial charge in [-0.25, -0.2) is 4.98 Å².